The van der Waals surface area contributed by atoms with Crippen molar-refractivity contribution in [1.29, 1.82) is 0 Å². The lowest BCUT2D eigenvalue weighted by Crippen LogP contribution is -2.20. The van der Waals surface area contributed by atoms with Gasteiger partial charge >= 0.3 is 0 Å². The number of hydrogen-bond donors (Lipinski definition) is 0. The Morgan fingerprint density at radius 2 is 1.84 bits per heavy atom. The van der Waals surface area contributed by atoms with Crippen molar-refractivity contribution in [2.24, 2.45) is 17.8 Å². The molecule has 0 heterocycles. The van der Waals surface area contributed by atoms with Crippen LogP contribution in [0.1, 0.15) is 56.3 Å². The zero-order valence-corrected chi connectivity index (χ0v) is 11.9. The molecule has 1 aromatic rings. The van der Waals surface area contributed by atoms with Crippen molar-refractivity contribution in [1.82, 2.24) is 0 Å². The molecule has 1 aromatic carbocycles. The van der Waals surface area contributed by atoms with E-state index in [1.807, 2.05) is 0 Å². The number of carbonyl (C=O) groups is 1. The Balaban J connectivity index is 1.89. The largest absolute Gasteiger partial charge is 0.294 e. The first-order chi connectivity index (χ1) is 9.08. The molecule has 1 aliphatic carbocycles. The van der Waals surface area contributed by atoms with Crippen LogP contribution < -0.4 is 0 Å². The summed E-state index contributed by atoms with van der Waals surface area (Å²) in [6, 6.07) is 6.31. The fourth-order valence-corrected chi connectivity index (χ4v) is 3.12. The highest BCUT2D eigenvalue weighted by molar-refractivity contribution is 5.96. The van der Waals surface area contributed by atoms with E-state index in [9.17, 15) is 9.18 Å². The first kappa shape index (κ1) is 14.2. The first-order valence-electron chi connectivity index (χ1n) is 7.35. The van der Waals surface area contributed by atoms with Gasteiger partial charge in [-0.3, -0.25) is 4.79 Å². The summed E-state index contributed by atoms with van der Waals surface area (Å²) in [4.78, 5) is 12.1. The third-order valence-corrected chi connectivity index (χ3v) is 4.48. The van der Waals surface area contributed by atoms with Crippen LogP contribution >= 0.6 is 0 Å². The molecule has 0 aromatic heterocycles. The molecule has 0 spiro atoms. The van der Waals surface area contributed by atoms with Crippen LogP contribution in [0.15, 0.2) is 24.3 Å². The van der Waals surface area contributed by atoms with E-state index in [0.717, 1.165) is 24.7 Å². The van der Waals surface area contributed by atoms with E-state index in [0.29, 0.717) is 12.3 Å². The molecule has 2 rings (SSSR count). The first-order valence-corrected chi connectivity index (χ1v) is 7.35. The van der Waals surface area contributed by atoms with Gasteiger partial charge in [0.2, 0.25) is 0 Å². The van der Waals surface area contributed by atoms with Gasteiger partial charge in [0.25, 0.3) is 0 Å². The molecule has 0 amide bonds. The molecule has 0 radical (unpaired) electrons. The average molecular weight is 262 g/mol. The van der Waals surface area contributed by atoms with Gasteiger partial charge in [-0.1, -0.05) is 26.0 Å². The van der Waals surface area contributed by atoms with E-state index in [1.54, 1.807) is 18.2 Å². The van der Waals surface area contributed by atoms with Crippen LogP contribution in [0, 0.1) is 23.6 Å². The normalized spacial score (nSPS) is 23.6. The SMILES string of the molecule is CC(C)C1CCC(CC(=O)c2ccccc2F)CC1. The quantitative estimate of drug-likeness (QED) is 0.708. The minimum atomic E-state index is -0.386. The van der Waals surface area contributed by atoms with Gasteiger partial charge in [-0.2, -0.15) is 0 Å². The second kappa shape index (κ2) is 6.31. The molecule has 1 aliphatic rings. The maximum absolute atomic E-state index is 13.5. The zero-order chi connectivity index (χ0) is 13.8. The summed E-state index contributed by atoms with van der Waals surface area (Å²) in [5.74, 6) is 1.57. The van der Waals surface area contributed by atoms with Crippen LogP contribution in [0.25, 0.3) is 0 Å². The van der Waals surface area contributed by atoms with Crippen molar-refractivity contribution < 1.29 is 9.18 Å². The highest BCUT2D eigenvalue weighted by Crippen LogP contribution is 2.35. The lowest BCUT2D eigenvalue weighted by atomic mass is 9.75. The van der Waals surface area contributed by atoms with E-state index in [1.165, 1.54) is 18.9 Å². The average Bonchev–Trinajstić information content (AvgIpc) is 2.39. The highest BCUT2D eigenvalue weighted by atomic mass is 19.1. The van der Waals surface area contributed by atoms with E-state index < -0.39 is 0 Å². The molecule has 0 unspecified atom stereocenters. The molecule has 1 fully saturated rings. The number of Topliss-reactive ketones (excluding diaryl/α,β-unsaturated/α-hetero) is 1. The number of carbonyl (C=O) groups excluding carboxylic acids is 1. The minimum Gasteiger partial charge on any atom is -0.294 e. The summed E-state index contributed by atoms with van der Waals surface area (Å²) in [5, 5.41) is 0. The number of halogens is 1. The number of benzene rings is 1. The summed E-state index contributed by atoms with van der Waals surface area (Å²) in [6.07, 6.45) is 5.16. The Morgan fingerprint density at radius 1 is 1.21 bits per heavy atom. The molecule has 0 bridgehead atoms. The van der Waals surface area contributed by atoms with E-state index >= 15 is 0 Å². The maximum Gasteiger partial charge on any atom is 0.166 e. The van der Waals surface area contributed by atoms with E-state index in [2.05, 4.69) is 13.8 Å². The van der Waals surface area contributed by atoms with Gasteiger partial charge in [-0.05, 0) is 55.6 Å². The lowest BCUT2D eigenvalue weighted by molar-refractivity contribution is 0.0933. The highest BCUT2D eigenvalue weighted by Gasteiger charge is 2.25. The summed E-state index contributed by atoms with van der Waals surface area (Å²) >= 11 is 0. The Bertz CT molecular complexity index is 431. The van der Waals surface area contributed by atoms with Crippen LogP contribution in [-0.2, 0) is 0 Å². The molecule has 0 saturated heterocycles. The molecule has 104 valence electrons. The molecule has 1 nitrogen and oxygen atoms in total. The molecule has 1 saturated carbocycles. The topological polar surface area (TPSA) is 17.1 Å². The minimum absolute atomic E-state index is 0.0360. The number of rotatable bonds is 4. The van der Waals surface area contributed by atoms with Gasteiger partial charge in [0.1, 0.15) is 5.82 Å². The monoisotopic (exact) mass is 262 g/mol. The van der Waals surface area contributed by atoms with Crippen molar-refractivity contribution in [2.75, 3.05) is 0 Å². The Hall–Kier alpha value is -1.18. The molecule has 2 heteroatoms. The smallest absolute Gasteiger partial charge is 0.166 e. The lowest BCUT2D eigenvalue weighted by Gasteiger charge is -2.30. The summed E-state index contributed by atoms with van der Waals surface area (Å²) in [6.45, 7) is 4.55. The number of ketones is 1. The van der Waals surface area contributed by atoms with Crippen molar-refractivity contribution in [3.63, 3.8) is 0 Å². The van der Waals surface area contributed by atoms with Crippen LogP contribution in [0.5, 0.6) is 0 Å². The number of hydrogen-bond acceptors (Lipinski definition) is 1. The summed E-state index contributed by atoms with van der Waals surface area (Å²) < 4.78 is 13.5. The van der Waals surface area contributed by atoms with Crippen LogP contribution in [0.2, 0.25) is 0 Å². The maximum atomic E-state index is 13.5. The summed E-state index contributed by atoms with van der Waals surface area (Å²) in [7, 11) is 0. The van der Waals surface area contributed by atoms with Crippen LogP contribution in [0.4, 0.5) is 4.39 Å². The van der Waals surface area contributed by atoms with Gasteiger partial charge in [0.05, 0.1) is 5.56 Å². The molecule has 0 atom stereocenters. The molecule has 19 heavy (non-hydrogen) atoms. The van der Waals surface area contributed by atoms with Gasteiger partial charge in [0, 0.05) is 6.42 Å². The zero-order valence-electron chi connectivity index (χ0n) is 11.9. The summed E-state index contributed by atoms with van der Waals surface area (Å²) in [5.41, 5.74) is 0.258. The van der Waals surface area contributed by atoms with Gasteiger partial charge in [-0.25, -0.2) is 4.39 Å². The third kappa shape index (κ3) is 3.65. The fraction of sp³-hybridized carbons (Fsp3) is 0.588. The van der Waals surface area contributed by atoms with Crippen molar-refractivity contribution >= 4 is 5.78 Å². The van der Waals surface area contributed by atoms with E-state index in [4.69, 9.17) is 0 Å². The fourth-order valence-electron chi connectivity index (χ4n) is 3.12. The van der Waals surface area contributed by atoms with Crippen molar-refractivity contribution in [2.45, 2.75) is 46.0 Å². The third-order valence-electron chi connectivity index (χ3n) is 4.48. The second-order valence-corrected chi connectivity index (χ2v) is 6.13. The molecule has 0 aliphatic heterocycles. The van der Waals surface area contributed by atoms with Crippen molar-refractivity contribution in [3.8, 4) is 0 Å². The van der Waals surface area contributed by atoms with Gasteiger partial charge < -0.3 is 0 Å². The van der Waals surface area contributed by atoms with Crippen molar-refractivity contribution in [3.05, 3.63) is 35.6 Å². The Labute approximate surface area is 115 Å². The standard InChI is InChI=1S/C17H23FO/c1-12(2)14-9-7-13(8-10-14)11-17(19)15-5-3-4-6-16(15)18/h3-6,12-14H,7-11H2,1-2H3. The Kier molecular flexibility index (Phi) is 4.73. The second-order valence-electron chi connectivity index (χ2n) is 6.13. The molecular formula is C17H23FO. The van der Waals surface area contributed by atoms with Crippen LogP contribution in [0.3, 0.4) is 0 Å². The van der Waals surface area contributed by atoms with E-state index in [-0.39, 0.29) is 17.2 Å². The van der Waals surface area contributed by atoms with Gasteiger partial charge in [0.15, 0.2) is 5.78 Å². The predicted molar refractivity (Wildman–Crippen MR) is 75.6 cm³/mol. The predicted octanol–water partition coefficient (Wildman–Crippen LogP) is 4.86. The van der Waals surface area contributed by atoms with Gasteiger partial charge in [-0.15, -0.1) is 0 Å². The molecule has 0 N–H and O–H groups in total. The Morgan fingerprint density at radius 3 is 2.42 bits per heavy atom. The van der Waals surface area contributed by atoms with Crippen LogP contribution in [-0.4, -0.2) is 5.78 Å². The molecular weight excluding hydrogens is 239 g/mol.